The Labute approximate surface area is 140 Å². The van der Waals surface area contributed by atoms with Crippen LogP contribution < -0.4 is 5.32 Å². The summed E-state index contributed by atoms with van der Waals surface area (Å²) < 4.78 is 6.13. The van der Waals surface area contributed by atoms with E-state index in [1.165, 1.54) is 5.56 Å². The minimum absolute atomic E-state index is 0.343. The number of ether oxygens (including phenoxy) is 1. The number of aromatic nitrogens is 1. The summed E-state index contributed by atoms with van der Waals surface area (Å²) in [5, 5.41) is 2.88. The standard InChI is InChI=1S/C16H24BrN3O2/c1-16(2,3)22-15(21)19-10-13-5-4-8-20(13)11-12-6-7-14(17)18-9-12/h6-7,9,13H,4-5,8,10-11H2,1-3H3,(H,19,21)/t13-/m0/s1. The largest absolute Gasteiger partial charge is 0.444 e. The van der Waals surface area contributed by atoms with Gasteiger partial charge in [-0.05, 0) is 67.7 Å². The minimum Gasteiger partial charge on any atom is -0.444 e. The van der Waals surface area contributed by atoms with Gasteiger partial charge >= 0.3 is 6.09 Å². The van der Waals surface area contributed by atoms with Crippen LogP contribution in [0.15, 0.2) is 22.9 Å². The Hall–Kier alpha value is -1.14. The number of amides is 1. The van der Waals surface area contributed by atoms with Crippen LogP contribution in [-0.4, -0.2) is 40.7 Å². The third-order valence-electron chi connectivity index (χ3n) is 3.55. The predicted octanol–water partition coefficient (Wildman–Crippen LogP) is 3.33. The van der Waals surface area contributed by atoms with E-state index < -0.39 is 5.60 Å². The number of carbonyl (C=O) groups is 1. The van der Waals surface area contributed by atoms with Crippen molar-refractivity contribution in [1.29, 1.82) is 0 Å². The maximum absolute atomic E-state index is 11.8. The lowest BCUT2D eigenvalue weighted by molar-refractivity contribution is 0.0512. The SMILES string of the molecule is CC(C)(C)OC(=O)NC[C@@H]1CCCN1Cc1ccc(Br)nc1. The fourth-order valence-corrected chi connectivity index (χ4v) is 2.82. The van der Waals surface area contributed by atoms with Gasteiger partial charge in [0.05, 0.1) is 0 Å². The van der Waals surface area contributed by atoms with Crippen molar-refractivity contribution < 1.29 is 9.53 Å². The lowest BCUT2D eigenvalue weighted by Gasteiger charge is -2.26. The first-order chi connectivity index (χ1) is 10.3. The number of halogens is 1. The van der Waals surface area contributed by atoms with Crippen LogP contribution >= 0.6 is 15.9 Å². The highest BCUT2D eigenvalue weighted by Gasteiger charge is 2.25. The summed E-state index contributed by atoms with van der Waals surface area (Å²) in [6.45, 7) is 8.15. The van der Waals surface area contributed by atoms with Gasteiger partial charge in [-0.2, -0.15) is 0 Å². The molecule has 0 aromatic carbocycles. The number of rotatable bonds is 4. The lowest BCUT2D eigenvalue weighted by atomic mass is 10.2. The number of nitrogens with one attached hydrogen (secondary N) is 1. The summed E-state index contributed by atoms with van der Waals surface area (Å²) in [6, 6.07) is 4.39. The van der Waals surface area contributed by atoms with Crippen molar-refractivity contribution in [3.8, 4) is 0 Å². The molecule has 0 spiro atoms. The van der Waals surface area contributed by atoms with Gasteiger partial charge in [-0.15, -0.1) is 0 Å². The van der Waals surface area contributed by atoms with Crippen LogP contribution in [0.3, 0.4) is 0 Å². The Balaban J connectivity index is 1.83. The zero-order valence-electron chi connectivity index (χ0n) is 13.4. The average molecular weight is 370 g/mol. The highest BCUT2D eigenvalue weighted by Crippen LogP contribution is 2.20. The number of carbonyl (C=O) groups excluding carboxylic acids is 1. The van der Waals surface area contributed by atoms with Gasteiger partial charge in [0, 0.05) is 25.3 Å². The number of alkyl carbamates (subject to hydrolysis) is 1. The molecule has 1 aromatic heterocycles. The maximum atomic E-state index is 11.8. The van der Waals surface area contributed by atoms with Crippen LogP contribution in [0.5, 0.6) is 0 Å². The second-order valence-corrected chi connectivity index (χ2v) is 7.45. The Morgan fingerprint density at radius 1 is 1.50 bits per heavy atom. The Morgan fingerprint density at radius 2 is 2.27 bits per heavy atom. The number of nitrogens with zero attached hydrogens (tertiary/aromatic N) is 2. The molecule has 122 valence electrons. The molecule has 1 aromatic rings. The highest BCUT2D eigenvalue weighted by molar-refractivity contribution is 9.10. The molecule has 1 aliphatic heterocycles. The normalized spacial score (nSPS) is 19.2. The average Bonchev–Trinajstić information content (AvgIpc) is 2.84. The number of pyridine rings is 1. The van der Waals surface area contributed by atoms with Crippen LogP contribution in [-0.2, 0) is 11.3 Å². The van der Waals surface area contributed by atoms with Crippen LogP contribution in [0.1, 0.15) is 39.2 Å². The molecular weight excluding hydrogens is 346 g/mol. The third kappa shape index (κ3) is 5.57. The second kappa shape index (κ2) is 7.42. The molecular formula is C16H24BrN3O2. The summed E-state index contributed by atoms with van der Waals surface area (Å²) in [5.74, 6) is 0. The van der Waals surface area contributed by atoms with E-state index in [1.54, 1.807) is 0 Å². The fourth-order valence-electron chi connectivity index (χ4n) is 2.58. The van der Waals surface area contributed by atoms with Crippen molar-refractivity contribution in [3.63, 3.8) is 0 Å². The molecule has 1 atom stereocenters. The van der Waals surface area contributed by atoms with Crippen molar-refractivity contribution in [2.24, 2.45) is 0 Å². The van der Waals surface area contributed by atoms with Crippen molar-refractivity contribution in [3.05, 3.63) is 28.5 Å². The van der Waals surface area contributed by atoms with Crippen molar-refractivity contribution in [2.75, 3.05) is 13.1 Å². The van der Waals surface area contributed by atoms with Gasteiger partial charge in [-0.25, -0.2) is 9.78 Å². The van der Waals surface area contributed by atoms with E-state index in [-0.39, 0.29) is 6.09 Å². The van der Waals surface area contributed by atoms with Gasteiger partial charge in [0.1, 0.15) is 10.2 Å². The van der Waals surface area contributed by atoms with Crippen molar-refractivity contribution in [2.45, 2.75) is 51.8 Å². The van der Waals surface area contributed by atoms with E-state index in [9.17, 15) is 4.79 Å². The first-order valence-electron chi connectivity index (χ1n) is 7.65. The zero-order valence-corrected chi connectivity index (χ0v) is 15.0. The number of hydrogen-bond donors (Lipinski definition) is 1. The number of likely N-dealkylation sites (tertiary alicyclic amines) is 1. The molecule has 2 heterocycles. The van der Waals surface area contributed by atoms with E-state index in [1.807, 2.05) is 33.0 Å². The van der Waals surface area contributed by atoms with E-state index in [0.717, 1.165) is 30.5 Å². The van der Waals surface area contributed by atoms with E-state index >= 15 is 0 Å². The first-order valence-corrected chi connectivity index (χ1v) is 8.44. The minimum atomic E-state index is -0.456. The predicted molar refractivity (Wildman–Crippen MR) is 89.6 cm³/mol. The summed E-state index contributed by atoms with van der Waals surface area (Å²) in [5.41, 5.74) is 0.732. The monoisotopic (exact) mass is 369 g/mol. The molecule has 1 aliphatic rings. The van der Waals surface area contributed by atoms with Gasteiger partial charge in [-0.3, -0.25) is 4.90 Å². The molecule has 0 unspecified atom stereocenters. The van der Waals surface area contributed by atoms with E-state index in [4.69, 9.17) is 4.74 Å². The van der Waals surface area contributed by atoms with Crippen LogP contribution in [0.4, 0.5) is 4.79 Å². The molecule has 1 N–H and O–H groups in total. The summed E-state index contributed by atoms with van der Waals surface area (Å²) in [4.78, 5) is 18.4. The smallest absolute Gasteiger partial charge is 0.407 e. The third-order valence-corrected chi connectivity index (χ3v) is 4.02. The van der Waals surface area contributed by atoms with Gasteiger partial charge in [0.25, 0.3) is 0 Å². The van der Waals surface area contributed by atoms with Gasteiger partial charge < -0.3 is 10.1 Å². The van der Waals surface area contributed by atoms with Gasteiger partial charge in [0.15, 0.2) is 0 Å². The first kappa shape index (κ1) is 17.2. The van der Waals surface area contributed by atoms with Gasteiger partial charge in [-0.1, -0.05) is 6.07 Å². The van der Waals surface area contributed by atoms with Crippen LogP contribution in [0, 0.1) is 0 Å². The topological polar surface area (TPSA) is 54.5 Å². The molecule has 0 radical (unpaired) electrons. The van der Waals surface area contributed by atoms with Gasteiger partial charge in [0.2, 0.25) is 0 Å². The number of hydrogen-bond acceptors (Lipinski definition) is 4. The summed E-state index contributed by atoms with van der Waals surface area (Å²) in [6.07, 6.45) is 3.80. The van der Waals surface area contributed by atoms with Crippen LogP contribution in [0.2, 0.25) is 0 Å². The molecule has 1 fully saturated rings. The molecule has 2 rings (SSSR count). The fraction of sp³-hybridized carbons (Fsp3) is 0.625. The maximum Gasteiger partial charge on any atom is 0.407 e. The Morgan fingerprint density at radius 3 is 2.91 bits per heavy atom. The van der Waals surface area contributed by atoms with Crippen LogP contribution in [0.25, 0.3) is 0 Å². The zero-order chi connectivity index (χ0) is 16.2. The van der Waals surface area contributed by atoms with E-state index in [0.29, 0.717) is 12.6 Å². The van der Waals surface area contributed by atoms with Crippen molar-refractivity contribution >= 4 is 22.0 Å². The second-order valence-electron chi connectivity index (χ2n) is 6.64. The molecule has 0 aliphatic carbocycles. The lowest BCUT2D eigenvalue weighted by Crippen LogP contribution is -2.41. The molecule has 1 amide bonds. The Bertz CT molecular complexity index is 499. The molecule has 1 saturated heterocycles. The van der Waals surface area contributed by atoms with Crippen molar-refractivity contribution in [1.82, 2.24) is 15.2 Å². The quantitative estimate of drug-likeness (QED) is 0.826. The molecule has 6 heteroatoms. The molecule has 0 saturated carbocycles. The molecule has 5 nitrogen and oxygen atoms in total. The highest BCUT2D eigenvalue weighted by atomic mass is 79.9. The summed E-state index contributed by atoms with van der Waals surface area (Å²) >= 11 is 3.35. The Kier molecular flexibility index (Phi) is 5.81. The molecule has 22 heavy (non-hydrogen) atoms. The van der Waals surface area contributed by atoms with E-state index in [2.05, 4.69) is 37.2 Å². The summed E-state index contributed by atoms with van der Waals surface area (Å²) in [7, 11) is 0. The molecule has 0 bridgehead atoms.